The average Bonchev–Trinajstić information content (AvgIpc) is 2.56. The molecule has 0 aromatic heterocycles. The van der Waals surface area contributed by atoms with E-state index in [9.17, 15) is 24.8 Å². The maximum atomic E-state index is 12.2. The molecule has 0 heterocycles. The minimum absolute atomic E-state index is 0.0336. The van der Waals surface area contributed by atoms with Crippen molar-refractivity contribution < 1.29 is 19.6 Å². The van der Waals surface area contributed by atoms with E-state index in [-0.39, 0.29) is 17.7 Å². The van der Waals surface area contributed by atoms with Crippen molar-refractivity contribution >= 4 is 33.5 Å². The number of halogens is 1. The Morgan fingerprint density at radius 1 is 1.21 bits per heavy atom. The van der Waals surface area contributed by atoms with Gasteiger partial charge in [-0.15, -0.1) is 0 Å². The summed E-state index contributed by atoms with van der Waals surface area (Å²) in [5, 5.41) is 22.4. The number of rotatable bonds is 6. The highest BCUT2D eigenvalue weighted by atomic mass is 79.9. The highest BCUT2D eigenvalue weighted by Gasteiger charge is 2.22. The van der Waals surface area contributed by atoms with E-state index in [1.54, 1.807) is 24.3 Å². The summed E-state index contributed by atoms with van der Waals surface area (Å²) >= 11 is 3.29. The summed E-state index contributed by atoms with van der Waals surface area (Å²) in [6, 6.07) is 11.0. The molecule has 0 aliphatic rings. The molecule has 2 rings (SSSR count). The molecule has 0 fully saturated rings. The zero-order chi connectivity index (χ0) is 17.7. The van der Waals surface area contributed by atoms with Crippen LogP contribution in [0.15, 0.2) is 53.0 Å². The number of carbonyl (C=O) groups excluding carboxylic acids is 1. The van der Waals surface area contributed by atoms with Crippen LogP contribution in [0.4, 0.5) is 5.69 Å². The van der Waals surface area contributed by atoms with Crippen molar-refractivity contribution in [2.75, 3.05) is 0 Å². The van der Waals surface area contributed by atoms with Gasteiger partial charge in [-0.05, 0) is 23.8 Å². The minimum atomic E-state index is -1.18. The van der Waals surface area contributed by atoms with Crippen LogP contribution in [-0.2, 0) is 11.2 Å². The lowest BCUT2D eigenvalue weighted by Crippen LogP contribution is -2.42. The molecule has 0 saturated carbocycles. The van der Waals surface area contributed by atoms with Crippen molar-refractivity contribution in [2.24, 2.45) is 0 Å². The molecule has 1 atom stereocenters. The summed E-state index contributed by atoms with van der Waals surface area (Å²) in [6.45, 7) is 0. The van der Waals surface area contributed by atoms with Crippen LogP contribution in [0.2, 0.25) is 0 Å². The average molecular weight is 393 g/mol. The Morgan fingerprint density at radius 2 is 1.88 bits per heavy atom. The number of carbonyl (C=O) groups is 2. The van der Waals surface area contributed by atoms with Gasteiger partial charge >= 0.3 is 5.97 Å². The van der Waals surface area contributed by atoms with Crippen LogP contribution in [0.25, 0.3) is 0 Å². The van der Waals surface area contributed by atoms with Crippen LogP contribution in [0, 0.1) is 10.1 Å². The number of non-ortho nitro benzene ring substituents is 1. The molecule has 0 unspecified atom stereocenters. The van der Waals surface area contributed by atoms with Gasteiger partial charge in [0.2, 0.25) is 0 Å². The number of nitrogens with zero attached hydrogens (tertiary/aromatic N) is 1. The summed E-state index contributed by atoms with van der Waals surface area (Å²) in [5.74, 6) is -1.86. The highest BCUT2D eigenvalue weighted by Crippen LogP contribution is 2.14. The second-order valence-corrected chi connectivity index (χ2v) is 5.92. The molecule has 0 aliphatic heterocycles. The number of nitro benzene ring substituents is 1. The number of nitrogens with one attached hydrogen (secondary N) is 1. The van der Waals surface area contributed by atoms with Crippen LogP contribution < -0.4 is 5.32 Å². The number of carboxylic acids is 1. The Hall–Kier alpha value is -2.74. The van der Waals surface area contributed by atoms with Crippen LogP contribution in [0.1, 0.15) is 15.9 Å². The molecule has 24 heavy (non-hydrogen) atoms. The van der Waals surface area contributed by atoms with Gasteiger partial charge in [-0.3, -0.25) is 14.9 Å². The Kier molecular flexibility index (Phi) is 5.64. The summed E-state index contributed by atoms with van der Waals surface area (Å²) in [4.78, 5) is 33.7. The minimum Gasteiger partial charge on any atom is -0.480 e. The van der Waals surface area contributed by atoms with Gasteiger partial charge in [0.1, 0.15) is 6.04 Å². The zero-order valence-electron chi connectivity index (χ0n) is 12.3. The third-order valence-electron chi connectivity index (χ3n) is 3.28. The molecular weight excluding hydrogens is 380 g/mol. The third-order valence-corrected chi connectivity index (χ3v) is 3.80. The quantitative estimate of drug-likeness (QED) is 0.580. The standard InChI is InChI=1S/C16H13BrN2O5/c17-12-6-4-10(5-7-12)8-14(16(21)22)18-15(20)11-2-1-3-13(9-11)19(23)24/h1-7,9,14H,8H2,(H,18,20)(H,21,22)/t14-/m0/s1. The molecule has 2 aromatic carbocycles. The lowest BCUT2D eigenvalue weighted by molar-refractivity contribution is -0.384. The fourth-order valence-corrected chi connectivity index (χ4v) is 2.32. The van der Waals surface area contributed by atoms with E-state index in [2.05, 4.69) is 21.2 Å². The second-order valence-electron chi connectivity index (χ2n) is 5.00. The first-order valence-electron chi connectivity index (χ1n) is 6.89. The van der Waals surface area contributed by atoms with Crippen molar-refractivity contribution in [1.82, 2.24) is 5.32 Å². The Balaban J connectivity index is 2.13. The molecule has 1 amide bonds. The van der Waals surface area contributed by atoms with Crippen molar-refractivity contribution in [3.63, 3.8) is 0 Å². The normalized spacial score (nSPS) is 11.5. The SMILES string of the molecule is O=C(N[C@@H](Cc1ccc(Br)cc1)C(=O)O)c1cccc([N+](=O)[O-])c1. The van der Waals surface area contributed by atoms with Gasteiger partial charge in [-0.2, -0.15) is 0 Å². The first-order valence-corrected chi connectivity index (χ1v) is 7.68. The molecule has 0 radical (unpaired) electrons. The summed E-state index contributed by atoms with van der Waals surface area (Å²) in [5.41, 5.74) is 0.540. The van der Waals surface area contributed by atoms with Gasteiger partial charge in [-0.1, -0.05) is 34.1 Å². The van der Waals surface area contributed by atoms with Gasteiger partial charge in [0.15, 0.2) is 0 Å². The Bertz CT molecular complexity index is 776. The highest BCUT2D eigenvalue weighted by molar-refractivity contribution is 9.10. The van der Waals surface area contributed by atoms with Gasteiger partial charge in [-0.25, -0.2) is 4.79 Å². The van der Waals surface area contributed by atoms with Crippen molar-refractivity contribution in [3.8, 4) is 0 Å². The molecule has 0 aliphatic carbocycles. The maximum Gasteiger partial charge on any atom is 0.326 e. The summed E-state index contributed by atoms with van der Waals surface area (Å²) in [7, 11) is 0. The van der Waals surface area contributed by atoms with E-state index in [1.165, 1.54) is 18.2 Å². The number of nitro groups is 1. The first-order chi connectivity index (χ1) is 11.4. The molecule has 2 N–H and O–H groups in total. The van der Waals surface area contributed by atoms with Gasteiger partial charge < -0.3 is 10.4 Å². The fraction of sp³-hybridized carbons (Fsp3) is 0.125. The summed E-state index contributed by atoms with van der Waals surface area (Å²) in [6.07, 6.45) is 0.100. The number of hydrogen-bond acceptors (Lipinski definition) is 4. The van der Waals surface area contributed by atoms with Gasteiger partial charge in [0.25, 0.3) is 11.6 Å². The zero-order valence-corrected chi connectivity index (χ0v) is 13.9. The van der Waals surface area contributed by atoms with E-state index in [4.69, 9.17) is 0 Å². The maximum absolute atomic E-state index is 12.2. The van der Waals surface area contributed by atoms with Crippen molar-refractivity contribution in [1.29, 1.82) is 0 Å². The van der Waals surface area contributed by atoms with Gasteiger partial charge in [0.05, 0.1) is 4.92 Å². The number of carboxylic acid groups (broad SMARTS) is 1. The number of benzene rings is 2. The van der Waals surface area contributed by atoms with Crippen LogP contribution in [0.5, 0.6) is 0 Å². The Labute approximate surface area is 145 Å². The number of aliphatic carboxylic acids is 1. The first kappa shape index (κ1) is 17.6. The van der Waals surface area contributed by atoms with E-state index in [0.29, 0.717) is 0 Å². The predicted octanol–water partition coefficient (Wildman–Crippen LogP) is 2.78. The molecular formula is C16H13BrN2O5. The van der Waals surface area contributed by atoms with Crippen molar-refractivity contribution in [3.05, 3.63) is 74.2 Å². The van der Waals surface area contributed by atoms with Gasteiger partial charge in [0, 0.05) is 28.6 Å². The third kappa shape index (κ3) is 4.63. The van der Waals surface area contributed by atoms with Crippen LogP contribution in [0.3, 0.4) is 0 Å². The number of hydrogen-bond donors (Lipinski definition) is 2. The Morgan fingerprint density at radius 3 is 2.46 bits per heavy atom. The van der Waals surface area contributed by atoms with Crippen LogP contribution in [-0.4, -0.2) is 27.9 Å². The van der Waals surface area contributed by atoms with E-state index in [1.807, 2.05) is 0 Å². The fourth-order valence-electron chi connectivity index (χ4n) is 2.06. The molecule has 124 valence electrons. The second kappa shape index (κ2) is 7.69. The monoisotopic (exact) mass is 392 g/mol. The largest absolute Gasteiger partial charge is 0.480 e. The number of amides is 1. The molecule has 0 saturated heterocycles. The molecule has 8 heteroatoms. The molecule has 7 nitrogen and oxygen atoms in total. The molecule has 0 bridgehead atoms. The van der Waals surface area contributed by atoms with E-state index in [0.717, 1.165) is 16.1 Å². The van der Waals surface area contributed by atoms with E-state index < -0.39 is 22.8 Å². The lowest BCUT2D eigenvalue weighted by Gasteiger charge is -2.14. The lowest BCUT2D eigenvalue weighted by atomic mass is 10.1. The summed E-state index contributed by atoms with van der Waals surface area (Å²) < 4.78 is 0.860. The predicted molar refractivity (Wildman–Crippen MR) is 89.8 cm³/mol. The topological polar surface area (TPSA) is 110 Å². The van der Waals surface area contributed by atoms with E-state index >= 15 is 0 Å². The molecule has 0 spiro atoms. The molecule has 2 aromatic rings. The van der Waals surface area contributed by atoms with Crippen molar-refractivity contribution in [2.45, 2.75) is 12.5 Å². The smallest absolute Gasteiger partial charge is 0.326 e. The van der Waals surface area contributed by atoms with Crippen LogP contribution >= 0.6 is 15.9 Å².